The Morgan fingerprint density at radius 1 is 0.787 bits per heavy atom. The molecule has 1 amide bonds. The number of piperazine rings is 1. The molecular weight excluding hydrogens is 1070 g/mol. The smallest absolute Gasteiger partial charge is 0.393 e. The quantitative estimate of drug-likeness (QED) is 0.0598. The number of sulfonamides is 2. The van der Waals surface area contributed by atoms with Gasteiger partial charge in [-0.15, -0.1) is 11.8 Å². The van der Waals surface area contributed by atoms with E-state index in [1.807, 2.05) is 78.3 Å². The number of likely N-dealkylation sites (tertiary alicyclic amines) is 1. The van der Waals surface area contributed by atoms with Crippen LogP contribution in [-0.4, -0.2) is 121 Å². The van der Waals surface area contributed by atoms with Gasteiger partial charge in [-0.05, 0) is 116 Å². The third-order valence-electron chi connectivity index (χ3n) is 13.3. The van der Waals surface area contributed by atoms with Crippen LogP contribution < -0.4 is 24.6 Å². The number of carbonyl (C=O) groups is 1. The molecule has 23 heteroatoms. The maximum absolute atomic E-state index is 14.3. The maximum atomic E-state index is 14.3. The Labute approximate surface area is 445 Å². The van der Waals surface area contributed by atoms with Crippen molar-refractivity contribution in [2.75, 3.05) is 77.7 Å². The molecule has 15 nitrogen and oxygen atoms in total. The molecule has 400 valence electrons. The standard InChI is InChI=1S/C52H57ClF3N7O8S4/c1-35-48(51(65)59-73(3,66)67)49(50(60(35)2)36-12-14-38(53)15-13-36)37-8-7-9-42(32-37)63-30-28-62(29-31-63)41-18-16-39(17-19-41)58-75(70,71)45-20-21-46(47(33-45)74(68,69)52(54,55)56)57-40(34-72-44-10-5-4-6-11-44)22-25-61-26-23-43(64)24-27-61/h4-21,32-33,40,43,57-58,64H,22-31,34H2,1-3H3,(H,59,65)/t40-/m0/s1. The number of hydrogen-bond donors (Lipinski definition) is 4. The number of aliphatic hydroxyl groups is 1. The van der Waals surface area contributed by atoms with Crippen molar-refractivity contribution in [2.45, 2.75) is 58.5 Å². The number of piperidine rings is 1. The van der Waals surface area contributed by atoms with Crippen LogP contribution in [0.1, 0.15) is 35.3 Å². The minimum atomic E-state index is -6.04. The van der Waals surface area contributed by atoms with E-state index in [0.29, 0.717) is 104 Å². The molecule has 2 saturated heterocycles. The number of sulfone groups is 1. The summed E-state index contributed by atoms with van der Waals surface area (Å²) in [6.45, 7) is 5.82. The molecule has 0 aliphatic carbocycles. The first-order chi connectivity index (χ1) is 35.5. The Hall–Kier alpha value is -5.75. The molecule has 6 aromatic rings. The van der Waals surface area contributed by atoms with Crippen LogP contribution in [0, 0.1) is 6.92 Å². The molecule has 8 rings (SSSR count). The number of hydrogen-bond acceptors (Lipinski definition) is 13. The Morgan fingerprint density at radius 3 is 2.05 bits per heavy atom. The Morgan fingerprint density at radius 2 is 1.43 bits per heavy atom. The number of thioether (sulfide) groups is 1. The van der Waals surface area contributed by atoms with Crippen LogP contribution in [0.5, 0.6) is 0 Å². The first-order valence-corrected chi connectivity index (χ1v) is 30.2. The van der Waals surface area contributed by atoms with Crippen molar-refractivity contribution in [3.05, 3.63) is 138 Å². The predicted octanol–water partition coefficient (Wildman–Crippen LogP) is 8.85. The first-order valence-electron chi connectivity index (χ1n) is 24.0. The number of aromatic nitrogens is 1. The van der Waals surface area contributed by atoms with Crippen LogP contribution in [-0.2, 0) is 36.9 Å². The maximum Gasteiger partial charge on any atom is 0.501 e. The Kier molecular flexibility index (Phi) is 16.9. The van der Waals surface area contributed by atoms with Crippen LogP contribution in [0.3, 0.4) is 0 Å². The van der Waals surface area contributed by atoms with Crippen molar-refractivity contribution in [3.8, 4) is 22.4 Å². The summed E-state index contributed by atoms with van der Waals surface area (Å²) >= 11 is 7.67. The van der Waals surface area contributed by atoms with Gasteiger partial charge in [-0.2, -0.15) is 13.2 Å². The van der Waals surface area contributed by atoms with Gasteiger partial charge in [-0.25, -0.2) is 30.0 Å². The van der Waals surface area contributed by atoms with Crippen LogP contribution in [0.4, 0.5) is 35.9 Å². The van der Waals surface area contributed by atoms with Gasteiger partial charge >= 0.3 is 5.51 Å². The van der Waals surface area contributed by atoms with Gasteiger partial charge in [0, 0.05) is 103 Å². The van der Waals surface area contributed by atoms with Gasteiger partial charge in [0.05, 0.1) is 34.2 Å². The molecule has 5 aromatic carbocycles. The summed E-state index contributed by atoms with van der Waals surface area (Å²) in [5, 5.41) is 13.5. The number of anilines is 4. The van der Waals surface area contributed by atoms with E-state index in [-0.39, 0.29) is 16.9 Å². The van der Waals surface area contributed by atoms with E-state index in [9.17, 15) is 48.3 Å². The summed E-state index contributed by atoms with van der Waals surface area (Å²) in [5.41, 5.74) is -0.904. The van der Waals surface area contributed by atoms with Crippen LogP contribution >= 0.6 is 23.4 Å². The highest BCUT2D eigenvalue weighted by molar-refractivity contribution is 7.99. The third-order valence-corrected chi connectivity index (χ3v) is 18.2. The highest BCUT2D eigenvalue weighted by Crippen LogP contribution is 2.41. The molecule has 75 heavy (non-hydrogen) atoms. The van der Waals surface area contributed by atoms with E-state index < -0.39 is 63.2 Å². The van der Waals surface area contributed by atoms with E-state index in [4.69, 9.17) is 11.6 Å². The topological polar surface area (TPSA) is 190 Å². The summed E-state index contributed by atoms with van der Waals surface area (Å²) in [6, 6.07) is 32.7. The predicted molar refractivity (Wildman–Crippen MR) is 291 cm³/mol. The lowest BCUT2D eigenvalue weighted by molar-refractivity contribution is -0.0436. The van der Waals surface area contributed by atoms with Gasteiger partial charge in [0.1, 0.15) is 4.90 Å². The van der Waals surface area contributed by atoms with Gasteiger partial charge < -0.3 is 29.7 Å². The zero-order chi connectivity index (χ0) is 53.9. The summed E-state index contributed by atoms with van der Waals surface area (Å²) in [5.74, 6) is -0.400. The molecular formula is C52H57ClF3N7O8S4. The summed E-state index contributed by atoms with van der Waals surface area (Å²) < 4.78 is 128. The highest BCUT2D eigenvalue weighted by Gasteiger charge is 2.48. The molecule has 1 aromatic heterocycles. The summed E-state index contributed by atoms with van der Waals surface area (Å²) in [6.07, 6.45) is 2.12. The molecule has 0 saturated carbocycles. The van der Waals surface area contributed by atoms with E-state index >= 15 is 0 Å². The van der Waals surface area contributed by atoms with Crippen molar-refractivity contribution in [1.29, 1.82) is 0 Å². The molecule has 2 aliphatic rings. The fourth-order valence-electron chi connectivity index (χ4n) is 9.31. The lowest BCUT2D eigenvalue weighted by Gasteiger charge is -2.37. The number of benzene rings is 5. The van der Waals surface area contributed by atoms with Gasteiger partial charge in [0.15, 0.2) is 0 Å². The summed E-state index contributed by atoms with van der Waals surface area (Å²) in [4.78, 5) is 19.1. The zero-order valence-corrected chi connectivity index (χ0v) is 45.2. The van der Waals surface area contributed by atoms with Crippen molar-refractivity contribution in [3.63, 3.8) is 0 Å². The molecule has 3 heterocycles. The first kappa shape index (κ1) is 55.5. The Balaban J connectivity index is 0.972. The molecule has 0 bridgehead atoms. The number of carbonyl (C=O) groups excluding carboxylic acids is 1. The van der Waals surface area contributed by atoms with Gasteiger partial charge in [0.25, 0.3) is 25.8 Å². The monoisotopic (exact) mass is 1130 g/mol. The second kappa shape index (κ2) is 22.8. The Bertz CT molecular complexity index is 3350. The molecule has 0 spiro atoms. The van der Waals surface area contributed by atoms with E-state index in [1.54, 1.807) is 31.2 Å². The fraction of sp³-hybridized carbons (Fsp3) is 0.327. The van der Waals surface area contributed by atoms with E-state index in [1.165, 1.54) is 23.9 Å². The van der Waals surface area contributed by atoms with Gasteiger partial charge in [-0.1, -0.05) is 54.1 Å². The fourth-order valence-corrected chi connectivity index (χ4v) is 13.0. The highest BCUT2D eigenvalue weighted by atomic mass is 35.5. The third kappa shape index (κ3) is 13.3. The minimum Gasteiger partial charge on any atom is -0.393 e. The van der Waals surface area contributed by atoms with Crippen LogP contribution in [0.15, 0.2) is 136 Å². The van der Waals surface area contributed by atoms with Crippen LogP contribution in [0.25, 0.3) is 22.4 Å². The van der Waals surface area contributed by atoms with Gasteiger partial charge in [0.2, 0.25) is 10.0 Å². The number of aliphatic hydroxyl groups excluding tert-OH is 1. The van der Waals surface area contributed by atoms with Crippen molar-refractivity contribution < 1.29 is 48.3 Å². The van der Waals surface area contributed by atoms with Crippen molar-refractivity contribution >= 4 is 81.9 Å². The lowest BCUT2D eigenvalue weighted by Crippen LogP contribution is -2.46. The number of halogens is 4. The molecule has 1 atom stereocenters. The molecule has 0 radical (unpaired) electrons. The SMILES string of the molecule is Cc1c(C(=O)NS(C)(=O)=O)c(-c2cccc(N3CCN(c4ccc(NS(=O)(=O)c5ccc(N[C@@H](CCN6CCC(O)CC6)CSc6ccccc6)c(S(=O)(=O)C(F)(F)F)c5)cc4)CC3)c2)c(-c2ccc(Cl)cc2)n1C. The van der Waals surface area contributed by atoms with Crippen LogP contribution in [0.2, 0.25) is 5.02 Å². The van der Waals surface area contributed by atoms with Gasteiger partial charge in [-0.3, -0.25) is 9.52 Å². The average molecular weight is 1130 g/mol. The number of alkyl halides is 3. The van der Waals surface area contributed by atoms with Crippen molar-refractivity contribution in [2.24, 2.45) is 7.05 Å². The normalized spacial score (nSPS) is 15.7. The lowest BCUT2D eigenvalue weighted by atomic mass is 9.96. The molecule has 4 N–H and O–H groups in total. The number of nitrogens with zero attached hydrogens (tertiary/aromatic N) is 4. The number of nitrogens with one attached hydrogen (secondary N) is 3. The van der Waals surface area contributed by atoms with Crippen molar-refractivity contribution in [1.82, 2.24) is 14.2 Å². The second-order valence-corrected chi connectivity index (χ2v) is 25.4. The number of rotatable bonds is 18. The molecule has 0 unspecified atom stereocenters. The second-order valence-electron chi connectivity index (χ2n) is 18.6. The largest absolute Gasteiger partial charge is 0.501 e. The van der Waals surface area contributed by atoms with E-state index in [2.05, 4.69) is 29.5 Å². The van der Waals surface area contributed by atoms with E-state index in [0.717, 1.165) is 40.2 Å². The minimum absolute atomic E-state index is 0.0959. The summed E-state index contributed by atoms with van der Waals surface area (Å²) in [7, 11) is -12.7. The average Bonchev–Trinajstić information content (AvgIpc) is 3.64. The molecule has 2 aliphatic heterocycles. The number of amides is 1. The molecule has 2 fully saturated rings. The zero-order valence-electron chi connectivity index (χ0n) is 41.2.